The minimum Gasteiger partial charge on any atom is -0.370 e. The lowest BCUT2D eigenvalue weighted by Crippen LogP contribution is -2.26. The van der Waals surface area contributed by atoms with Crippen molar-refractivity contribution < 1.29 is 0 Å². The van der Waals surface area contributed by atoms with E-state index >= 15 is 0 Å². The van der Waals surface area contributed by atoms with E-state index in [1.165, 1.54) is 17.1 Å². The fraction of sp³-hybridized carbons (Fsp3) is 0.812. The van der Waals surface area contributed by atoms with Gasteiger partial charge in [0.25, 0.3) is 0 Å². The summed E-state index contributed by atoms with van der Waals surface area (Å²) in [5.74, 6) is 1.92. The second-order valence-corrected chi connectivity index (χ2v) is 8.33. The van der Waals surface area contributed by atoms with E-state index in [2.05, 4.69) is 58.5 Å². The molecule has 0 aromatic carbocycles. The topological polar surface area (TPSA) is 29.9 Å². The van der Waals surface area contributed by atoms with E-state index < -0.39 is 0 Å². The maximum atomic E-state index is 4.91. The predicted molar refractivity (Wildman–Crippen MR) is 81.7 cm³/mol. The average molecular weight is 263 g/mol. The standard InChI is InChI=1S/C16H29N3/c1-11-9-17-14-12(8-15(2,3)4)13(16(5,6)7)18-19(14)10-11/h11,17H,8-10H2,1-7H3. The summed E-state index contributed by atoms with van der Waals surface area (Å²) in [6, 6.07) is 0. The van der Waals surface area contributed by atoms with Gasteiger partial charge in [-0.25, -0.2) is 4.68 Å². The van der Waals surface area contributed by atoms with Crippen molar-refractivity contribution in [3.05, 3.63) is 11.3 Å². The second kappa shape index (κ2) is 4.53. The number of aromatic nitrogens is 2. The Bertz CT molecular complexity index is 458. The minimum atomic E-state index is 0.107. The van der Waals surface area contributed by atoms with Gasteiger partial charge in [0, 0.05) is 24.1 Å². The van der Waals surface area contributed by atoms with Gasteiger partial charge in [0.15, 0.2) is 0 Å². The number of rotatable bonds is 1. The summed E-state index contributed by atoms with van der Waals surface area (Å²) in [5.41, 5.74) is 3.08. The summed E-state index contributed by atoms with van der Waals surface area (Å²) in [4.78, 5) is 0. The lowest BCUT2D eigenvalue weighted by Gasteiger charge is -2.25. The third kappa shape index (κ3) is 3.13. The number of anilines is 1. The van der Waals surface area contributed by atoms with E-state index in [4.69, 9.17) is 5.10 Å². The van der Waals surface area contributed by atoms with Crippen molar-refractivity contribution in [1.29, 1.82) is 0 Å². The molecule has 1 aliphatic heterocycles. The summed E-state index contributed by atoms with van der Waals surface area (Å²) in [5, 5.41) is 8.51. The molecule has 1 atom stereocenters. The minimum absolute atomic E-state index is 0.107. The fourth-order valence-electron chi connectivity index (χ4n) is 2.76. The van der Waals surface area contributed by atoms with Gasteiger partial charge in [-0.15, -0.1) is 0 Å². The lowest BCUT2D eigenvalue weighted by atomic mass is 9.82. The van der Waals surface area contributed by atoms with Gasteiger partial charge in [-0.3, -0.25) is 0 Å². The molecule has 2 rings (SSSR count). The van der Waals surface area contributed by atoms with E-state index in [1.54, 1.807) is 0 Å². The molecule has 0 saturated carbocycles. The quantitative estimate of drug-likeness (QED) is 0.834. The molecular formula is C16H29N3. The molecule has 3 heteroatoms. The molecule has 2 heterocycles. The highest BCUT2D eigenvalue weighted by atomic mass is 15.4. The summed E-state index contributed by atoms with van der Waals surface area (Å²) >= 11 is 0. The smallest absolute Gasteiger partial charge is 0.127 e. The van der Waals surface area contributed by atoms with Crippen LogP contribution in [0.25, 0.3) is 0 Å². The molecule has 1 aromatic rings. The molecule has 1 aromatic heterocycles. The van der Waals surface area contributed by atoms with Crippen LogP contribution in [0.2, 0.25) is 0 Å². The molecule has 1 aliphatic rings. The highest BCUT2D eigenvalue weighted by molar-refractivity contribution is 5.51. The van der Waals surface area contributed by atoms with E-state index in [0.29, 0.717) is 5.92 Å². The molecule has 0 spiro atoms. The van der Waals surface area contributed by atoms with Gasteiger partial charge in [-0.05, 0) is 17.8 Å². The van der Waals surface area contributed by atoms with Crippen LogP contribution in [-0.2, 0) is 18.4 Å². The van der Waals surface area contributed by atoms with Crippen LogP contribution in [0.3, 0.4) is 0 Å². The number of hydrogen-bond donors (Lipinski definition) is 1. The van der Waals surface area contributed by atoms with Crippen molar-refractivity contribution >= 4 is 5.82 Å². The van der Waals surface area contributed by atoms with Crippen LogP contribution in [0.5, 0.6) is 0 Å². The van der Waals surface area contributed by atoms with E-state index in [9.17, 15) is 0 Å². The van der Waals surface area contributed by atoms with Crippen molar-refractivity contribution in [3.8, 4) is 0 Å². The Labute approximate surface area is 117 Å². The summed E-state index contributed by atoms with van der Waals surface area (Å²) < 4.78 is 2.19. The first-order valence-electron chi connectivity index (χ1n) is 7.42. The summed E-state index contributed by atoms with van der Waals surface area (Å²) in [6.45, 7) is 18.1. The Kier molecular flexibility index (Phi) is 3.44. The number of hydrogen-bond acceptors (Lipinski definition) is 2. The van der Waals surface area contributed by atoms with Crippen LogP contribution < -0.4 is 5.32 Å². The molecule has 0 saturated heterocycles. The van der Waals surface area contributed by atoms with E-state index in [0.717, 1.165) is 19.5 Å². The zero-order chi connectivity index (χ0) is 14.4. The monoisotopic (exact) mass is 263 g/mol. The highest BCUT2D eigenvalue weighted by Gasteiger charge is 2.31. The molecule has 0 radical (unpaired) electrons. The maximum absolute atomic E-state index is 4.91. The van der Waals surface area contributed by atoms with Gasteiger partial charge in [0.2, 0.25) is 0 Å². The Morgan fingerprint density at radius 3 is 2.37 bits per heavy atom. The van der Waals surface area contributed by atoms with Crippen molar-refractivity contribution in [3.63, 3.8) is 0 Å². The average Bonchev–Trinajstić information content (AvgIpc) is 2.53. The van der Waals surface area contributed by atoms with Crippen LogP contribution in [0.15, 0.2) is 0 Å². The van der Waals surface area contributed by atoms with E-state index in [1.807, 2.05) is 0 Å². The molecule has 108 valence electrons. The third-order valence-corrected chi connectivity index (χ3v) is 3.57. The van der Waals surface area contributed by atoms with Crippen LogP contribution in [0.4, 0.5) is 5.82 Å². The van der Waals surface area contributed by atoms with E-state index in [-0.39, 0.29) is 10.8 Å². The van der Waals surface area contributed by atoms with Crippen LogP contribution in [0.1, 0.15) is 59.7 Å². The third-order valence-electron chi connectivity index (χ3n) is 3.57. The predicted octanol–water partition coefficient (Wildman–Crippen LogP) is 3.83. The molecule has 0 bridgehead atoms. The Morgan fingerprint density at radius 1 is 1.21 bits per heavy atom. The SMILES string of the molecule is CC1CNc2c(CC(C)(C)C)c(C(C)(C)C)nn2C1. The maximum Gasteiger partial charge on any atom is 0.127 e. The molecule has 0 amide bonds. The Morgan fingerprint density at radius 2 is 1.84 bits per heavy atom. The first-order valence-corrected chi connectivity index (χ1v) is 7.42. The van der Waals surface area contributed by atoms with Gasteiger partial charge in [-0.2, -0.15) is 5.10 Å². The van der Waals surface area contributed by atoms with Crippen LogP contribution in [0, 0.1) is 11.3 Å². The number of fused-ring (bicyclic) bond motifs is 1. The normalized spacial score (nSPS) is 20.1. The Balaban J connectivity index is 2.49. The van der Waals surface area contributed by atoms with Crippen LogP contribution in [-0.4, -0.2) is 16.3 Å². The molecule has 0 aliphatic carbocycles. The van der Waals surface area contributed by atoms with Crippen molar-refractivity contribution in [2.75, 3.05) is 11.9 Å². The molecule has 1 unspecified atom stereocenters. The van der Waals surface area contributed by atoms with Gasteiger partial charge >= 0.3 is 0 Å². The highest BCUT2D eigenvalue weighted by Crippen LogP contribution is 2.36. The van der Waals surface area contributed by atoms with Gasteiger partial charge in [0.1, 0.15) is 5.82 Å². The fourth-order valence-corrected chi connectivity index (χ4v) is 2.76. The van der Waals surface area contributed by atoms with Crippen molar-refractivity contribution in [1.82, 2.24) is 9.78 Å². The zero-order valence-electron chi connectivity index (χ0n) is 13.6. The second-order valence-electron chi connectivity index (χ2n) is 8.33. The van der Waals surface area contributed by atoms with Crippen LogP contribution >= 0.6 is 0 Å². The molecule has 19 heavy (non-hydrogen) atoms. The molecular weight excluding hydrogens is 234 g/mol. The first-order chi connectivity index (χ1) is 8.58. The summed E-state index contributed by atoms with van der Waals surface area (Å²) in [6.07, 6.45) is 1.08. The van der Waals surface area contributed by atoms with Gasteiger partial charge in [0.05, 0.1) is 5.69 Å². The van der Waals surface area contributed by atoms with Crippen molar-refractivity contribution in [2.24, 2.45) is 11.3 Å². The number of nitrogens with zero attached hydrogens (tertiary/aromatic N) is 2. The molecule has 0 fully saturated rings. The lowest BCUT2D eigenvalue weighted by molar-refractivity contribution is 0.406. The van der Waals surface area contributed by atoms with Gasteiger partial charge in [-0.1, -0.05) is 48.5 Å². The Hall–Kier alpha value is -0.990. The zero-order valence-corrected chi connectivity index (χ0v) is 13.6. The molecule has 1 N–H and O–H groups in total. The summed E-state index contributed by atoms with van der Waals surface area (Å²) in [7, 11) is 0. The first kappa shape index (κ1) is 14.4. The van der Waals surface area contributed by atoms with Gasteiger partial charge < -0.3 is 5.32 Å². The largest absolute Gasteiger partial charge is 0.370 e. The number of nitrogens with one attached hydrogen (secondary N) is 1. The van der Waals surface area contributed by atoms with Crippen molar-refractivity contribution in [2.45, 2.75) is 66.8 Å². The molecule has 3 nitrogen and oxygen atoms in total.